The van der Waals surface area contributed by atoms with Crippen molar-refractivity contribution < 1.29 is 0 Å². The molecular weight excluding hydrogens is 309 g/mol. The molecule has 3 N–H and O–H groups in total. The number of piperidine rings is 1. The van der Waals surface area contributed by atoms with E-state index in [0.717, 1.165) is 19.5 Å². The quantitative estimate of drug-likeness (QED) is 0.890. The monoisotopic (exact) mass is 325 g/mol. The molecule has 1 aromatic heterocycles. The van der Waals surface area contributed by atoms with Gasteiger partial charge >= 0.3 is 0 Å². The summed E-state index contributed by atoms with van der Waals surface area (Å²) in [6, 6.07) is 5.51. The summed E-state index contributed by atoms with van der Waals surface area (Å²) in [5.41, 5.74) is 6.80. The van der Waals surface area contributed by atoms with Gasteiger partial charge in [-0.2, -0.15) is 4.98 Å². The Labute approximate surface area is 133 Å². The molecule has 1 fully saturated rings. The largest absolute Gasteiger partial charge is 0.338 e. The molecule has 21 heavy (non-hydrogen) atoms. The molecule has 0 radical (unpaired) electrons. The number of nitrogens with one attached hydrogen (secondary N) is 1. The summed E-state index contributed by atoms with van der Waals surface area (Å²) >= 11 is 12.4. The van der Waals surface area contributed by atoms with Crippen LogP contribution in [0.15, 0.2) is 18.2 Å². The molecule has 0 bridgehead atoms. The van der Waals surface area contributed by atoms with Crippen molar-refractivity contribution in [2.75, 3.05) is 18.0 Å². The summed E-state index contributed by atoms with van der Waals surface area (Å²) in [5.74, 6) is 1.74. The molecule has 2 atom stereocenters. The molecule has 0 aliphatic carbocycles. The van der Waals surface area contributed by atoms with Crippen molar-refractivity contribution >= 4 is 29.2 Å². The highest BCUT2D eigenvalue weighted by molar-refractivity contribution is 6.38. The Bertz CT molecular complexity index is 622. The number of nitrogens with two attached hydrogens (primary N) is 1. The number of aromatic nitrogens is 3. The van der Waals surface area contributed by atoms with Crippen molar-refractivity contribution in [1.29, 1.82) is 0 Å². The van der Waals surface area contributed by atoms with Gasteiger partial charge in [0.25, 0.3) is 0 Å². The first-order valence-electron chi connectivity index (χ1n) is 6.93. The van der Waals surface area contributed by atoms with Gasteiger partial charge in [0.05, 0.1) is 15.6 Å². The summed E-state index contributed by atoms with van der Waals surface area (Å²) in [6.45, 7) is 3.84. The molecule has 5 nitrogen and oxygen atoms in total. The highest BCUT2D eigenvalue weighted by Gasteiger charge is 2.26. The van der Waals surface area contributed by atoms with E-state index < -0.39 is 0 Å². The number of nitrogens with zero attached hydrogens (tertiary/aromatic N) is 3. The van der Waals surface area contributed by atoms with E-state index in [9.17, 15) is 0 Å². The third-order valence-electron chi connectivity index (χ3n) is 3.97. The van der Waals surface area contributed by atoms with Crippen molar-refractivity contribution in [1.82, 2.24) is 15.2 Å². The molecular formula is C14H17Cl2N5. The van der Waals surface area contributed by atoms with Crippen LogP contribution in [-0.2, 0) is 0 Å². The van der Waals surface area contributed by atoms with Crippen LogP contribution in [-0.4, -0.2) is 34.3 Å². The number of halogens is 2. The van der Waals surface area contributed by atoms with Crippen LogP contribution in [0.1, 0.15) is 13.3 Å². The van der Waals surface area contributed by atoms with Gasteiger partial charge in [0.1, 0.15) is 0 Å². The standard InChI is InChI=1S/C14H17Cl2N5/c1-8-5-6-21(7-11(8)17)14-18-13(19-20-14)12-9(15)3-2-4-10(12)16/h2-4,8,11H,5-7,17H2,1H3,(H,18,19,20). The number of aromatic amines is 1. The second kappa shape index (κ2) is 5.83. The van der Waals surface area contributed by atoms with Crippen LogP contribution >= 0.6 is 23.2 Å². The highest BCUT2D eigenvalue weighted by Crippen LogP contribution is 2.33. The first-order valence-corrected chi connectivity index (χ1v) is 7.69. The fourth-order valence-corrected chi connectivity index (χ4v) is 3.09. The lowest BCUT2D eigenvalue weighted by Gasteiger charge is -2.34. The Morgan fingerprint density at radius 3 is 2.71 bits per heavy atom. The van der Waals surface area contributed by atoms with E-state index >= 15 is 0 Å². The van der Waals surface area contributed by atoms with Crippen molar-refractivity contribution in [3.8, 4) is 11.4 Å². The SMILES string of the molecule is CC1CCN(c2n[nH]c(-c3c(Cl)cccc3Cl)n2)CC1N. The molecule has 0 saturated carbocycles. The number of anilines is 1. The number of benzene rings is 1. The van der Waals surface area contributed by atoms with Gasteiger partial charge in [0.2, 0.25) is 5.95 Å². The predicted octanol–water partition coefficient (Wildman–Crippen LogP) is 2.95. The molecule has 0 spiro atoms. The van der Waals surface area contributed by atoms with Gasteiger partial charge in [-0.25, -0.2) is 0 Å². The van der Waals surface area contributed by atoms with Crippen LogP contribution in [0.4, 0.5) is 5.95 Å². The van der Waals surface area contributed by atoms with Gasteiger partial charge in [-0.15, -0.1) is 5.10 Å². The van der Waals surface area contributed by atoms with E-state index in [2.05, 4.69) is 27.0 Å². The van der Waals surface area contributed by atoms with Crippen molar-refractivity contribution in [3.63, 3.8) is 0 Å². The van der Waals surface area contributed by atoms with Crippen LogP contribution in [0.5, 0.6) is 0 Å². The maximum Gasteiger partial charge on any atom is 0.245 e. The zero-order valence-corrected chi connectivity index (χ0v) is 13.2. The third kappa shape index (κ3) is 2.86. The number of H-pyrrole nitrogens is 1. The van der Waals surface area contributed by atoms with Gasteiger partial charge in [-0.05, 0) is 24.5 Å². The van der Waals surface area contributed by atoms with E-state index in [0.29, 0.717) is 33.3 Å². The summed E-state index contributed by atoms with van der Waals surface area (Å²) in [5, 5.41) is 8.29. The van der Waals surface area contributed by atoms with Crippen LogP contribution in [0.25, 0.3) is 11.4 Å². The van der Waals surface area contributed by atoms with Crippen molar-refractivity contribution in [2.24, 2.45) is 11.7 Å². The smallest absolute Gasteiger partial charge is 0.245 e. The number of rotatable bonds is 2. The molecule has 2 heterocycles. The van der Waals surface area contributed by atoms with Crippen LogP contribution in [0.3, 0.4) is 0 Å². The minimum absolute atomic E-state index is 0.143. The normalized spacial score (nSPS) is 22.6. The highest BCUT2D eigenvalue weighted by atomic mass is 35.5. The maximum absolute atomic E-state index is 6.20. The zero-order valence-electron chi connectivity index (χ0n) is 11.7. The van der Waals surface area contributed by atoms with E-state index in [1.54, 1.807) is 18.2 Å². The number of hydrogen-bond acceptors (Lipinski definition) is 4. The van der Waals surface area contributed by atoms with E-state index in [1.165, 1.54) is 0 Å². The minimum Gasteiger partial charge on any atom is -0.338 e. The molecule has 1 aliphatic rings. The second-order valence-electron chi connectivity index (χ2n) is 5.46. The molecule has 7 heteroatoms. The maximum atomic E-state index is 6.20. The Morgan fingerprint density at radius 1 is 1.33 bits per heavy atom. The number of hydrogen-bond donors (Lipinski definition) is 2. The lowest BCUT2D eigenvalue weighted by atomic mass is 9.95. The molecule has 112 valence electrons. The molecule has 2 unspecified atom stereocenters. The average molecular weight is 326 g/mol. The summed E-state index contributed by atoms with van der Waals surface area (Å²) in [7, 11) is 0. The predicted molar refractivity (Wildman–Crippen MR) is 85.8 cm³/mol. The summed E-state index contributed by atoms with van der Waals surface area (Å²) in [6.07, 6.45) is 1.04. The molecule has 1 aromatic carbocycles. The van der Waals surface area contributed by atoms with Crippen LogP contribution in [0.2, 0.25) is 10.0 Å². The Morgan fingerprint density at radius 2 is 2.05 bits per heavy atom. The first-order chi connectivity index (χ1) is 10.1. The molecule has 2 aromatic rings. The fourth-order valence-electron chi connectivity index (χ4n) is 2.51. The topological polar surface area (TPSA) is 70.8 Å². The Balaban J connectivity index is 1.87. The van der Waals surface area contributed by atoms with Gasteiger partial charge in [0, 0.05) is 19.1 Å². The lowest BCUT2D eigenvalue weighted by molar-refractivity contribution is 0.376. The average Bonchev–Trinajstić information content (AvgIpc) is 2.91. The second-order valence-corrected chi connectivity index (χ2v) is 6.27. The summed E-state index contributed by atoms with van der Waals surface area (Å²) < 4.78 is 0. The third-order valence-corrected chi connectivity index (χ3v) is 4.60. The van der Waals surface area contributed by atoms with Crippen LogP contribution < -0.4 is 10.6 Å². The van der Waals surface area contributed by atoms with E-state index in [-0.39, 0.29) is 6.04 Å². The fraction of sp³-hybridized carbons (Fsp3) is 0.429. The molecule has 1 aliphatic heterocycles. The van der Waals surface area contributed by atoms with Crippen LogP contribution in [0, 0.1) is 5.92 Å². The zero-order chi connectivity index (χ0) is 15.0. The minimum atomic E-state index is 0.143. The molecule has 3 rings (SSSR count). The molecule has 1 saturated heterocycles. The van der Waals surface area contributed by atoms with Gasteiger partial charge < -0.3 is 10.6 Å². The van der Waals surface area contributed by atoms with Gasteiger partial charge in [-0.1, -0.05) is 36.2 Å². The Kier molecular flexibility index (Phi) is 4.06. The summed E-state index contributed by atoms with van der Waals surface area (Å²) in [4.78, 5) is 6.61. The lowest BCUT2D eigenvalue weighted by Crippen LogP contribution is -2.48. The van der Waals surface area contributed by atoms with Gasteiger partial charge in [-0.3, -0.25) is 5.10 Å². The van der Waals surface area contributed by atoms with Crippen molar-refractivity contribution in [2.45, 2.75) is 19.4 Å². The van der Waals surface area contributed by atoms with E-state index in [4.69, 9.17) is 28.9 Å². The van der Waals surface area contributed by atoms with E-state index in [1.807, 2.05) is 0 Å². The van der Waals surface area contributed by atoms with Crippen molar-refractivity contribution in [3.05, 3.63) is 28.2 Å². The molecule has 0 amide bonds. The van der Waals surface area contributed by atoms with Gasteiger partial charge in [0.15, 0.2) is 5.82 Å². The first kappa shape index (κ1) is 14.6. The Hall–Kier alpha value is -1.30.